The average molecular weight is 277 g/mol. The van der Waals surface area contributed by atoms with E-state index in [1.54, 1.807) is 14.0 Å². The van der Waals surface area contributed by atoms with Gasteiger partial charge in [0.25, 0.3) is 0 Å². The van der Waals surface area contributed by atoms with Crippen LogP contribution in [-0.4, -0.2) is 42.3 Å². The number of aliphatic hydroxyl groups is 1. The zero-order valence-electron chi connectivity index (χ0n) is 9.94. The van der Waals surface area contributed by atoms with Gasteiger partial charge >= 0.3 is 6.03 Å². The molecular weight excluding hydrogens is 260 g/mol. The third kappa shape index (κ3) is 4.53. The lowest BCUT2D eigenvalue weighted by Gasteiger charge is -2.23. The lowest BCUT2D eigenvalue weighted by Crippen LogP contribution is -2.44. The zero-order valence-corrected chi connectivity index (χ0v) is 11.5. The van der Waals surface area contributed by atoms with E-state index in [9.17, 15) is 4.79 Å². The van der Waals surface area contributed by atoms with Gasteiger partial charge in [-0.3, -0.25) is 0 Å². The first-order chi connectivity index (χ1) is 8.04. The molecule has 2 amide bonds. The molecule has 0 radical (unpaired) electrons. The highest BCUT2D eigenvalue weighted by Crippen LogP contribution is 2.21. The van der Waals surface area contributed by atoms with Crippen LogP contribution in [-0.2, 0) is 6.42 Å². The normalized spacial score (nSPS) is 12.2. The minimum atomic E-state index is -0.175. The van der Waals surface area contributed by atoms with E-state index in [1.165, 1.54) is 16.2 Å². The Hall–Kier alpha value is -0.780. The highest BCUT2D eigenvalue weighted by atomic mass is 35.5. The number of carbonyl (C=O) groups is 1. The first-order valence-corrected chi connectivity index (χ1v) is 6.59. The molecule has 0 saturated heterocycles. The molecule has 17 heavy (non-hydrogen) atoms. The van der Waals surface area contributed by atoms with Crippen LogP contribution in [0.3, 0.4) is 0 Å². The van der Waals surface area contributed by atoms with Crippen LogP contribution in [0.4, 0.5) is 4.79 Å². The van der Waals surface area contributed by atoms with Gasteiger partial charge in [0.05, 0.1) is 17.0 Å². The number of rotatable bonds is 5. The number of urea groups is 1. The van der Waals surface area contributed by atoms with E-state index in [0.717, 1.165) is 15.6 Å². The molecule has 1 heterocycles. The summed E-state index contributed by atoms with van der Waals surface area (Å²) in [4.78, 5) is 14.3. The standard InChI is InChI=1S/C11H17ClN2O2S/c1-8(7-15)14(2)11(16)13-6-5-9-3-4-10(12)17-9/h3-4,8,15H,5-7H2,1-2H3,(H,13,16). The summed E-state index contributed by atoms with van der Waals surface area (Å²) >= 11 is 7.33. The number of aliphatic hydroxyl groups excluding tert-OH is 1. The second-order valence-corrected chi connectivity index (χ2v) is 5.63. The van der Waals surface area contributed by atoms with Crippen LogP contribution in [0, 0.1) is 0 Å². The number of likely N-dealkylation sites (N-methyl/N-ethyl adjacent to an activating group) is 1. The first kappa shape index (κ1) is 14.3. The summed E-state index contributed by atoms with van der Waals surface area (Å²) in [5.74, 6) is 0. The second kappa shape index (κ2) is 6.83. The second-order valence-electron chi connectivity index (χ2n) is 3.83. The molecule has 0 fully saturated rings. The quantitative estimate of drug-likeness (QED) is 0.864. The largest absolute Gasteiger partial charge is 0.394 e. The molecular formula is C11H17ClN2O2S. The fourth-order valence-corrected chi connectivity index (χ4v) is 2.31. The zero-order chi connectivity index (χ0) is 12.8. The van der Waals surface area contributed by atoms with Crippen LogP contribution in [0.1, 0.15) is 11.8 Å². The van der Waals surface area contributed by atoms with Gasteiger partial charge in [0.1, 0.15) is 0 Å². The third-order valence-corrected chi connectivity index (χ3v) is 3.81. The minimum Gasteiger partial charge on any atom is -0.394 e. The van der Waals surface area contributed by atoms with Crippen molar-refractivity contribution in [2.24, 2.45) is 0 Å². The summed E-state index contributed by atoms with van der Waals surface area (Å²) in [6.45, 7) is 2.32. The highest BCUT2D eigenvalue weighted by Gasteiger charge is 2.13. The number of hydrogen-bond donors (Lipinski definition) is 2. The molecule has 0 spiro atoms. The number of thiophene rings is 1. The number of nitrogens with one attached hydrogen (secondary N) is 1. The van der Waals surface area contributed by atoms with E-state index in [1.807, 2.05) is 12.1 Å². The van der Waals surface area contributed by atoms with E-state index in [4.69, 9.17) is 16.7 Å². The van der Waals surface area contributed by atoms with Crippen molar-refractivity contribution in [2.75, 3.05) is 20.2 Å². The molecule has 1 atom stereocenters. The highest BCUT2D eigenvalue weighted by molar-refractivity contribution is 7.16. The summed E-state index contributed by atoms with van der Waals surface area (Å²) in [6.07, 6.45) is 0.768. The fraction of sp³-hybridized carbons (Fsp3) is 0.545. The summed E-state index contributed by atoms with van der Waals surface area (Å²) in [5.41, 5.74) is 0. The number of halogens is 1. The van der Waals surface area contributed by atoms with Crippen molar-refractivity contribution in [3.63, 3.8) is 0 Å². The van der Waals surface area contributed by atoms with Crippen molar-refractivity contribution in [3.05, 3.63) is 21.3 Å². The molecule has 4 nitrogen and oxygen atoms in total. The molecule has 6 heteroatoms. The first-order valence-electron chi connectivity index (χ1n) is 5.40. The van der Waals surface area contributed by atoms with Crippen LogP contribution in [0.15, 0.2) is 12.1 Å². The maximum Gasteiger partial charge on any atom is 0.317 e. The monoisotopic (exact) mass is 276 g/mol. The Bertz CT molecular complexity index is 370. The Morgan fingerprint density at radius 1 is 1.65 bits per heavy atom. The van der Waals surface area contributed by atoms with E-state index in [-0.39, 0.29) is 18.7 Å². The number of amides is 2. The maximum absolute atomic E-state index is 11.6. The third-order valence-electron chi connectivity index (χ3n) is 2.52. The van der Waals surface area contributed by atoms with Crippen LogP contribution >= 0.6 is 22.9 Å². The molecule has 0 aliphatic rings. The van der Waals surface area contributed by atoms with Gasteiger partial charge in [0.15, 0.2) is 0 Å². The Morgan fingerprint density at radius 2 is 2.35 bits per heavy atom. The molecule has 0 aliphatic carbocycles. The molecule has 96 valence electrons. The molecule has 0 aliphatic heterocycles. The number of carbonyl (C=O) groups excluding carboxylic acids is 1. The van der Waals surface area contributed by atoms with E-state index in [0.29, 0.717) is 6.54 Å². The number of nitrogens with zero attached hydrogens (tertiary/aromatic N) is 1. The van der Waals surface area contributed by atoms with E-state index >= 15 is 0 Å². The van der Waals surface area contributed by atoms with Gasteiger partial charge in [0, 0.05) is 18.5 Å². The molecule has 1 rings (SSSR count). The summed E-state index contributed by atoms with van der Waals surface area (Å²) in [7, 11) is 1.66. The minimum absolute atomic E-state index is 0.0372. The van der Waals surface area contributed by atoms with Gasteiger partial charge in [0.2, 0.25) is 0 Å². The molecule has 1 aromatic heterocycles. The lowest BCUT2D eigenvalue weighted by atomic mass is 10.3. The van der Waals surface area contributed by atoms with Gasteiger partial charge in [-0.05, 0) is 25.5 Å². The van der Waals surface area contributed by atoms with E-state index in [2.05, 4.69) is 5.32 Å². The van der Waals surface area contributed by atoms with Gasteiger partial charge in [-0.2, -0.15) is 0 Å². The van der Waals surface area contributed by atoms with Crippen molar-refractivity contribution in [1.29, 1.82) is 0 Å². The van der Waals surface area contributed by atoms with Crippen LogP contribution < -0.4 is 5.32 Å². The number of hydrogen-bond acceptors (Lipinski definition) is 3. The van der Waals surface area contributed by atoms with Gasteiger partial charge in [-0.1, -0.05) is 11.6 Å². The Morgan fingerprint density at radius 3 is 2.88 bits per heavy atom. The topological polar surface area (TPSA) is 52.6 Å². The van der Waals surface area contributed by atoms with Crippen LogP contribution in [0.25, 0.3) is 0 Å². The van der Waals surface area contributed by atoms with Crippen molar-refractivity contribution in [2.45, 2.75) is 19.4 Å². The lowest BCUT2D eigenvalue weighted by molar-refractivity contribution is 0.157. The fourth-order valence-electron chi connectivity index (χ4n) is 1.23. The molecule has 2 N–H and O–H groups in total. The Balaban J connectivity index is 2.29. The van der Waals surface area contributed by atoms with Gasteiger partial charge in [-0.15, -0.1) is 11.3 Å². The predicted octanol–water partition coefficient (Wildman–Crippen LogP) is 1.97. The van der Waals surface area contributed by atoms with Gasteiger partial charge in [-0.25, -0.2) is 4.79 Å². The Labute approximate surface area is 110 Å². The van der Waals surface area contributed by atoms with Crippen LogP contribution in [0.5, 0.6) is 0 Å². The molecule has 0 bridgehead atoms. The molecule has 0 aromatic carbocycles. The van der Waals surface area contributed by atoms with Gasteiger partial charge < -0.3 is 15.3 Å². The van der Waals surface area contributed by atoms with Crippen molar-refractivity contribution >= 4 is 29.0 Å². The van der Waals surface area contributed by atoms with Crippen LogP contribution in [0.2, 0.25) is 4.34 Å². The maximum atomic E-state index is 11.6. The van der Waals surface area contributed by atoms with E-state index < -0.39 is 0 Å². The summed E-state index contributed by atoms with van der Waals surface area (Å²) < 4.78 is 0.761. The summed E-state index contributed by atoms with van der Waals surface area (Å²) in [6, 6.07) is 3.46. The summed E-state index contributed by atoms with van der Waals surface area (Å²) in [5, 5.41) is 11.7. The molecule has 1 aromatic rings. The SMILES string of the molecule is CC(CO)N(C)C(=O)NCCc1ccc(Cl)s1. The Kier molecular flexibility index (Phi) is 5.74. The van der Waals surface area contributed by atoms with Crippen molar-refractivity contribution < 1.29 is 9.90 Å². The smallest absolute Gasteiger partial charge is 0.317 e. The van der Waals surface area contributed by atoms with Crippen molar-refractivity contribution in [1.82, 2.24) is 10.2 Å². The predicted molar refractivity (Wildman–Crippen MR) is 70.7 cm³/mol. The molecule has 1 unspecified atom stereocenters. The average Bonchev–Trinajstić information content (AvgIpc) is 2.72. The molecule has 0 saturated carbocycles. The van der Waals surface area contributed by atoms with Crippen molar-refractivity contribution in [3.8, 4) is 0 Å².